The van der Waals surface area contributed by atoms with Crippen LogP contribution in [0.2, 0.25) is 0 Å². The first kappa shape index (κ1) is 18.9. The van der Waals surface area contributed by atoms with Crippen molar-refractivity contribution in [2.75, 3.05) is 16.3 Å². The monoisotopic (exact) mass is 403 g/mol. The molecule has 0 saturated carbocycles. The maximum atomic E-state index is 12.1. The van der Waals surface area contributed by atoms with E-state index < -0.39 is 10.0 Å². The highest BCUT2D eigenvalue weighted by atomic mass is 32.2. The van der Waals surface area contributed by atoms with Gasteiger partial charge in [-0.2, -0.15) is 0 Å². The van der Waals surface area contributed by atoms with E-state index in [2.05, 4.69) is 15.0 Å². The zero-order valence-electron chi connectivity index (χ0n) is 14.4. The third-order valence-corrected chi connectivity index (χ3v) is 4.78. The number of hydrogen-bond donors (Lipinski definition) is 2. The topological polar surface area (TPSA) is 97.4 Å². The van der Waals surface area contributed by atoms with E-state index in [1.165, 1.54) is 0 Å². The molecule has 1 aromatic heterocycles. The Morgan fingerprint density at radius 3 is 2.41 bits per heavy atom. The SMILES string of the molecule is CS(=O)(=O)Nc1nc(CC(=O)Nc2ccc(Oc3ccccc3)cc2)cs1. The molecule has 140 valence electrons. The van der Waals surface area contributed by atoms with E-state index in [9.17, 15) is 13.2 Å². The fourth-order valence-corrected chi connectivity index (χ4v) is 3.76. The number of anilines is 2. The number of ether oxygens (including phenoxy) is 1. The molecule has 0 aliphatic carbocycles. The van der Waals surface area contributed by atoms with Crippen molar-refractivity contribution in [1.82, 2.24) is 4.98 Å². The molecule has 1 heterocycles. The molecule has 0 aliphatic rings. The molecule has 2 N–H and O–H groups in total. The molecule has 0 radical (unpaired) electrons. The smallest absolute Gasteiger partial charge is 0.231 e. The van der Waals surface area contributed by atoms with Gasteiger partial charge in [0.05, 0.1) is 18.4 Å². The molecular formula is C18H17N3O4S2. The van der Waals surface area contributed by atoms with Crippen molar-refractivity contribution < 1.29 is 17.9 Å². The number of nitrogens with one attached hydrogen (secondary N) is 2. The van der Waals surface area contributed by atoms with Crippen LogP contribution in [0.3, 0.4) is 0 Å². The van der Waals surface area contributed by atoms with Crippen LogP contribution < -0.4 is 14.8 Å². The Balaban J connectivity index is 1.55. The largest absolute Gasteiger partial charge is 0.457 e. The second-order valence-corrected chi connectivity index (χ2v) is 8.29. The van der Waals surface area contributed by atoms with Crippen molar-refractivity contribution in [1.29, 1.82) is 0 Å². The van der Waals surface area contributed by atoms with Gasteiger partial charge in [0.25, 0.3) is 0 Å². The molecule has 9 heteroatoms. The van der Waals surface area contributed by atoms with Gasteiger partial charge in [0.15, 0.2) is 5.13 Å². The van der Waals surface area contributed by atoms with Crippen molar-refractivity contribution in [2.24, 2.45) is 0 Å². The van der Waals surface area contributed by atoms with E-state index in [-0.39, 0.29) is 17.5 Å². The number of hydrogen-bond acceptors (Lipinski definition) is 6. The van der Waals surface area contributed by atoms with Crippen LogP contribution in [-0.2, 0) is 21.2 Å². The maximum Gasteiger partial charge on any atom is 0.231 e. The van der Waals surface area contributed by atoms with Crippen molar-refractivity contribution in [3.8, 4) is 11.5 Å². The molecule has 0 atom stereocenters. The number of carbonyl (C=O) groups is 1. The summed E-state index contributed by atoms with van der Waals surface area (Å²) < 4.78 is 30.3. The molecule has 0 unspecified atom stereocenters. The fourth-order valence-electron chi connectivity index (χ4n) is 2.19. The summed E-state index contributed by atoms with van der Waals surface area (Å²) in [5.41, 5.74) is 1.12. The molecule has 0 bridgehead atoms. The zero-order valence-corrected chi connectivity index (χ0v) is 16.0. The lowest BCUT2D eigenvalue weighted by Crippen LogP contribution is -2.15. The zero-order chi connectivity index (χ0) is 19.3. The number of carbonyl (C=O) groups excluding carboxylic acids is 1. The third kappa shape index (κ3) is 6.08. The summed E-state index contributed by atoms with van der Waals surface area (Å²) in [5.74, 6) is 1.15. The van der Waals surface area contributed by atoms with Crippen LogP contribution in [0.4, 0.5) is 10.8 Å². The van der Waals surface area contributed by atoms with E-state index in [0.717, 1.165) is 23.3 Å². The van der Waals surface area contributed by atoms with Crippen molar-refractivity contribution in [3.05, 3.63) is 65.7 Å². The summed E-state index contributed by atoms with van der Waals surface area (Å²) in [4.78, 5) is 16.2. The van der Waals surface area contributed by atoms with Gasteiger partial charge >= 0.3 is 0 Å². The van der Waals surface area contributed by atoms with Crippen molar-refractivity contribution in [2.45, 2.75) is 6.42 Å². The minimum atomic E-state index is -3.38. The van der Waals surface area contributed by atoms with Gasteiger partial charge in [0, 0.05) is 11.1 Å². The molecule has 3 aromatic rings. The van der Waals surface area contributed by atoms with Crippen molar-refractivity contribution >= 4 is 38.1 Å². The van der Waals surface area contributed by atoms with E-state index in [0.29, 0.717) is 17.1 Å². The molecule has 7 nitrogen and oxygen atoms in total. The minimum Gasteiger partial charge on any atom is -0.457 e. The maximum absolute atomic E-state index is 12.1. The first-order valence-electron chi connectivity index (χ1n) is 7.92. The minimum absolute atomic E-state index is 0.0458. The number of amides is 1. The molecule has 1 amide bonds. The number of sulfonamides is 1. The Labute approximate surface area is 161 Å². The van der Waals surface area contributed by atoms with Crippen LogP contribution in [-0.4, -0.2) is 25.6 Å². The van der Waals surface area contributed by atoms with Gasteiger partial charge in [0.1, 0.15) is 11.5 Å². The highest BCUT2D eigenvalue weighted by Crippen LogP contribution is 2.23. The van der Waals surface area contributed by atoms with Crippen LogP contribution in [0.25, 0.3) is 0 Å². The van der Waals surface area contributed by atoms with Gasteiger partial charge in [0.2, 0.25) is 15.9 Å². The van der Waals surface area contributed by atoms with Gasteiger partial charge in [-0.1, -0.05) is 18.2 Å². The Kier molecular flexibility index (Phi) is 5.72. The van der Waals surface area contributed by atoms with Gasteiger partial charge in [-0.25, -0.2) is 13.4 Å². The van der Waals surface area contributed by atoms with E-state index in [4.69, 9.17) is 4.74 Å². The number of para-hydroxylation sites is 1. The Morgan fingerprint density at radius 1 is 1.07 bits per heavy atom. The highest BCUT2D eigenvalue weighted by molar-refractivity contribution is 7.92. The average Bonchev–Trinajstić information content (AvgIpc) is 3.02. The summed E-state index contributed by atoms with van der Waals surface area (Å²) in [6, 6.07) is 16.4. The molecule has 0 fully saturated rings. The summed E-state index contributed by atoms with van der Waals surface area (Å²) in [6.45, 7) is 0. The third-order valence-electron chi connectivity index (χ3n) is 3.28. The number of aromatic nitrogens is 1. The van der Waals surface area contributed by atoms with Gasteiger partial charge in [-0.3, -0.25) is 9.52 Å². The predicted molar refractivity (Wildman–Crippen MR) is 106 cm³/mol. The second kappa shape index (κ2) is 8.19. The molecule has 0 aliphatic heterocycles. The number of thiazole rings is 1. The number of benzene rings is 2. The van der Waals surface area contributed by atoms with Crippen LogP contribution >= 0.6 is 11.3 Å². The number of rotatable bonds is 7. The summed E-state index contributed by atoms with van der Waals surface area (Å²) >= 11 is 1.13. The normalized spacial score (nSPS) is 11.0. The Hall–Kier alpha value is -2.91. The first-order valence-corrected chi connectivity index (χ1v) is 10.7. The Morgan fingerprint density at radius 2 is 1.74 bits per heavy atom. The molecule has 0 spiro atoms. The lowest BCUT2D eigenvalue weighted by molar-refractivity contribution is -0.115. The molecule has 3 rings (SSSR count). The molecular weight excluding hydrogens is 386 g/mol. The molecule has 0 saturated heterocycles. The average molecular weight is 403 g/mol. The fraction of sp³-hybridized carbons (Fsp3) is 0.111. The predicted octanol–water partition coefficient (Wildman–Crippen LogP) is 3.49. The molecule has 27 heavy (non-hydrogen) atoms. The highest BCUT2D eigenvalue weighted by Gasteiger charge is 2.10. The van der Waals surface area contributed by atoms with E-state index in [1.54, 1.807) is 29.6 Å². The van der Waals surface area contributed by atoms with Gasteiger partial charge < -0.3 is 10.1 Å². The van der Waals surface area contributed by atoms with Gasteiger partial charge in [-0.15, -0.1) is 11.3 Å². The standard InChI is InChI=1S/C18H17N3O4S2/c1-27(23,24)21-18-20-14(12-26-18)11-17(22)19-13-7-9-16(10-8-13)25-15-5-3-2-4-6-15/h2-10,12H,11H2,1H3,(H,19,22)(H,20,21). The Bertz CT molecular complexity index is 1020. The lowest BCUT2D eigenvalue weighted by Gasteiger charge is -2.07. The summed E-state index contributed by atoms with van der Waals surface area (Å²) in [5, 5.41) is 4.65. The lowest BCUT2D eigenvalue weighted by atomic mass is 10.2. The van der Waals surface area contributed by atoms with Crippen LogP contribution in [0.15, 0.2) is 60.0 Å². The van der Waals surface area contributed by atoms with Crippen molar-refractivity contribution in [3.63, 3.8) is 0 Å². The molecule has 2 aromatic carbocycles. The van der Waals surface area contributed by atoms with Crippen LogP contribution in [0.1, 0.15) is 5.69 Å². The first-order chi connectivity index (χ1) is 12.9. The van der Waals surface area contributed by atoms with Gasteiger partial charge in [-0.05, 0) is 36.4 Å². The van der Waals surface area contributed by atoms with E-state index in [1.807, 2.05) is 30.3 Å². The summed E-state index contributed by atoms with van der Waals surface area (Å²) in [6.07, 6.45) is 1.09. The quantitative estimate of drug-likeness (QED) is 0.629. The van der Waals surface area contributed by atoms with Crippen LogP contribution in [0.5, 0.6) is 11.5 Å². The van der Waals surface area contributed by atoms with Crippen LogP contribution in [0, 0.1) is 0 Å². The number of nitrogens with zero attached hydrogens (tertiary/aromatic N) is 1. The summed E-state index contributed by atoms with van der Waals surface area (Å²) in [7, 11) is -3.38. The second-order valence-electron chi connectivity index (χ2n) is 5.68. The van der Waals surface area contributed by atoms with E-state index >= 15 is 0 Å².